The van der Waals surface area contributed by atoms with Gasteiger partial charge < -0.3 is 28.7 Å². The van der Waals surface area contributed by atoms with E-state index >= 15 is 0 Å². The summed E-state index contributed by atoms with van der Waals surface area (Å²) >= 11 is 0. The number of ether oxygens (including phenoxy) is 4. The predicted molar refractivity (Wildman–Crippen MR) is 150 cm³/mol. The predicted octanol–water partition coefficient (Wildman–Crippen LogP) is 5.56. The highest BCUT2D eigenvalue weighted by Crippen LogP contribution is 2.30. The molecule has 0 aliphatic rings. The fourth-order valence-corrected chi connectivity index (χ4v) is 3.47. The van der Waals surface area contributed by atoms with Gasteiger partial charge in [-0.2, -0.15) is 5.26 Å². The minimum atomic E-state index is -0.618. The Bertz CT molecular complexity index is 1400. The van der Waals surface area contributed by atoms with Crippen LogP contribution < -0.4 is 24.3 Å². The quantitative estimate of drug-likeness (QED) is 0.128. The van der Waals surface area contributed by atoms with E-state index < -0.39 is 11.9 Å². The molecule has 3 aromatic rings. The van der Waals surface area contributed by atoms with Crippen molar-refractivity contribution < 1.29 is 33.0 Å². The van der Waals surface area contributed by atoms with Crippen molar-refractivity contribution in [3.8, 4) is 29.1 Å². The third-order valence-electron chi connectivity index (χ3n) is 5.63. The van der Waals surface area contributed by atoms with E-state index in [1.54, 1.807) is 49.6 Å². The number of methoxy groups -OCH3 is 2. The zero-order valence-electron chi connectivity index (χ0n) is 22.9. The molecule has 9 nitrogen and oxygen atoms in total. The van der Waals surface area contributed by atoms with E-state index in [1.807, 2.05) is 12.1 Å². The molecule has 208 valence electrons. The molecular weight excluding hydrogens is 512 g/mol. The van der Waals surface area contributed by atoms with Gasteiger partial charge in [0.1, 0.15) is 17.4 Å². The van der Waals surface area contributed by atoms with Gasteiger partial charge in [-0.25, -0.2) is 4.79 Å². The monoisotopic (exact) mass is 544 g/mol. The Kier molecular flexibility index (Phi) is 11.0. The Balaban J connectivity index is 1.65. The summed E-state index contributed by atoms with van der Waals surface area (Å²) in [5.74, 6) is 1.57. The lowest BCUT2D eigenvalue weighted by atomic mass is 10.1. The second-order valence-corrected chi connectivity index (χ2v) is 9.04. The normalized spacial score (nSPS) is 11.2. The highest BCUT2D eigenvalue weighted by atomic mass is 16.6. The number of furan rings is 1. The number of nitrogens with zero attached hydrogens (tertiary/aromatic N) is 1. The van der Waals surface area contributed by atoms with Crippen LogP contribution in [0.1, 0.15) is 37.2 Å². The molecule has 1 amide bonds. The second kappa shape index (κ2) is 14.8. The molecule has 3 rings (SSSR count). The molecular formula is C31H32N2O7. The molecule has 0 saturated carbocycles. The summed E-state index contributed by atoms with van der Waals surface area (Å²) in [6.45, 7) is 5.00. The van der Waals surface area contributed by atoms with Gasteiger partial charge in [-0.1, -0.05) is 26.0 Å². The molecule has 0 bridgehead atoms. The molecule has 0 radical (unpaired) electrons. The van der Waals surface area contributed by atoms with E-state index in [9.17, 15) is 14.9 Å². The van der Waals surface area contributed by atoms with Crippen LogP contribution >= 0.6 is 0 Å². The van der Waals surface area contributed by atoms with Crippen molar-refractivity contribution in [3.05, 3.63) is 83.3 Å². The minimum Gasteiger partial charge on any atom is -0.493 e. The lowest BCUT2D eigenvalue weighted by molar-refractivity contribution is -0.129. The Morgan fingerprint density at radius 2 is 1.70 bits per heavy atom. The Morgan fingerprint density at radius 1 is 1.00 bits per heavy atom. The van der Waals surface area contributed by atoms with Gasteiger partial charge in [0.15, 0.2) is 23.0 Å². The number of nitrogens with one attached hydrogen (secondary N) is 1. The van der Waals surface area contributed by atoms with Crippen LogP contribution in [0.2, 0.25) is 0 Å². The van der Waals surface area contributed by atoms with Gasteiger partial charge in [0.2, 0.25) is 0 Å². The van der Waals surface area contributed by atoms with Gasteiger partial charge in [0.25, 0.3) is 5.91 Å². The van der Waals surface area contributed by atoms with Gasteiger partial charge in [-0.05, 0) is 72.0 Å². The maximum Gasteiger partial charge on any atom is 0.336 e. The Labute approximate surface area is 233 Å². The van der Waals surface area contributed by atoms with Crippen molar-refractivity contribution in [2.45, 2.75) is 26.8 Å². The molecule has 0 aliphatic heterocycles. The highest BCUT2D eigenvalue weighted by Gasteiger charge is 2.13. The maximum absolute atomic E-state index is 12.5. The Hall–Kier alpha value is -4.97. The molecule has 40 heavy (non-hydrogen) atoms. The van der Waals surface area contributed by atoms with Gasteiger partial charge in [0.05, 0.1) is 33.6 Å². The van der Waals surface area contributed by atoms with E-state index in [4.69, 9.17) is 23.4 Å². The largest absolute Gasteiger partial charge is 0.493 e. The molecule has 0 unspecified atom stereocenters. The summed E-state index contributed by atoms with van der Waals surface area (Å²) in [5.41, 5.74) is 1.14. The van der Waals surface area contributed by atoms with Crippen LogP contribution in [0.3, 0.4) is 0 Å². The van der Waals surface area contributed by atoms with Crippen molar-refractivity contribution in [2.75, 3.05) is 20.8 Å². The Morgan fingerprint density at radius 3 is 2.38 bits per heavy atom. The van der Waals surface area contributed by atoms with Crippen LogP contribution in [0, 0.1) is 17.2 Å². The van der Waals surface area contributed by atoms with Gasteiger partial charge in [-0.3, -0.25) is 4.79 Å². The summed E-state index contributed by atoms with van der Waals surface area (Å²) in [7, 11) is 2.98. The zero-order chi connectivity index (χ0) is 28.9. The molecule has 1 heterocycles. The number of hydrogen-bond acceptors (Lipinski definition) is 8. The fraction of sp³-hybridized carbons (Fsp3) is 0.258. The molecule has 0 aliphatic carbocycles. The van der Waals surface area contributed by atoms with Crippen LogP contribution in [0.25, 0.3) is 12.2 Å². The molecule has 1 N–H and O–H groups in total. The molecule has 0 saturated heterocycles. The number of carbonyl (C=O) groups excluding carboxylic acids is 2. The summed E-state index contributed by atoms with van der Waals surface area (Å²) in [6.07, 6.45) is 6.73. The number of benzene rings is 2. The van der Waals surface area contributed by atoms with Crippen LogP contribution in [0.5, 0.6) is 23.0 Å². The van der Waals surface area contributed by atoms with E-state index in [0.717, 1.165) is 12.0 Å². The van der Waals surface area contributed by atoms with Crippen molar-refractivity contribution in [3.63, 3.8) is 0 Å². The number of nitriles is 1. The molecule has 9 heteroatoms. The van der Waals surface area contributed by atoms with E-state index in [0.29, 0.717) is 35.3 Å². The third kappa shape index (κ3) is 8.81. The fourth-order valence-electron chi connectivity index (χ4n) is 3.47. The zero-order valence-corrected chi connectivity index (χ0v) is 22.9. The van der Waals surface area contributed by atoms with E-state index in [1.165, 1.54) is 31.6 Å². The lowest BCUT2D eigenvalue weighted by Gasteiger charge is -2.12. The van der Waals surface area contributed by atoms with Crippen LogP contribution in [-0.4, -0.2) is 32.7 Å². The van der Waals surface area contributed by atoms with E-state index in [2.05, 4.69) is 19.2 Å². The number of hydrogen-bond donors (Lipinski definition) is 1. The van der Waals surface area contributed by atoms with E-state index in [-0.39, 0.29) is 23.6 Å². The SMILES string of the molecule is COc1cc(/C=C/C(=O)Oc2ccc(/C=C(\C#N)C(=O)NCc3ccco3)cc2OC)ccc1OCCC(C)C. The topological polar surface area (TPSA) is 120 Å². The van der Waals surface area contributed by atoms with Crippen molar-refractivity contribution in [2.24, 2.45) is 5.92 Å². The number of amides is 1. The molecule has 0 spiro atoms. The highest BCUT2D eigenvalue weighted by molar-refractivity contribution is 6.01. The summed E-state index contributed by atoms with van der Waals surface area (Å²) < 4.78 is 27.2. The van der Waals surface area contributed by atoms with Crippen LogP contribution in [0.15, 0.2) is 70.9 Å². The van der Waals surface area contributed by atoms with Gasteiger partial charge in [0, 0.05) is 6.08 Å². The van der Waals surface area contributed by atoms with Crippen molar-refractivity contribution >= 4 is 24.0 Å². The summed E-state index contributed by atoms with van der Waals surface area (Å²) in [5, 5.41) is 12.1. The standard InChI is InChI=1S/C31H32N2O7/c1-21(2)13-15-39-26-10-7-22(17-28(26)36-3)9-12-30(34)40-27-11-8-23(18-29(27)37-4)16-24(19-32)31(35)33-20-25-6-5-14-38-25/h5-12,14,16-18,21H,13,15,20H2,1-4H3,(H,33,35)/b12-9+,24-16+. The average Bonchev–Trinajstić information content (AvgIpc) is 3.48. The first-order valence-corrected chi connectivity index (χ1v) is 12.6. The second-order valence-electron chi connectivity index (χ2n) is 9.04. The minimum absolute atomic E-state index is 0.104. The first kappa shape index (κ1) is 29.6. The maximum atomic E-state index is 12.5. The van der Waals surface area contributed by atoms with Crippen molar-refractivity contribution in [1.29, 1.82) is 5.26 Å². The van der Waals surface area contributed by atoms with Gasteiger partial charge >= 0.3 is 5.97 Å². The first-order valence-electron chi connectivity index (χ1n) is 12.6. The third-order valence-corrected chi connectivity index (χ3v) is 5.63. The van der Waals surface area contributed by atoms with Gasteiger partial charge in [-0.15, -0.1) is 0 Å². The average molecular weight is 545 g/mol. The van der Waals surface area contributed by atoms with Crippen LogP contribution in [0.4, 0.5) is 0 Å². The number of rotatable bonds is 13. The van der Waals surface area contributed by atoms with Crippen molar-refractivity contribution in [1.82, 2.24) is 5.32 Å². The lowest BCUT2D eigenvalue weighted by Crippen LogP contribution is -2.23. The molecule has 2 aromatic carbocycles. The number of carbonyl (C=O) groups is 2. The number of esters is 1. The van der Waals surface area contributed by atoms with Crippen LogP contribution in [-0.2, 0) is 16.1 Å². The summed E-state index contributed by atoms with van der Waals surface area (Å²) in [6, 6.07) is 15.4. The first-order chi connectivity index (χ1) is 19.3. The smallest absolute Gasteiger partial charge is 0.336 e. The molecule has 0 fully saturated rings. The molecule has 1 aromatic heterocycles. The molecule has 0 atom stereocenters. The summed E-state index contributed by atoms with van der Waals surface area (Å²) in [4.78, 5) is 24.9.